The minimum absolute atomic E-state index is 0.0826. The molecule has 1 atom stereocenters. The van der Waals surface area contributed by atoms with Crippen LogP contribution in [0.4, 0.5) is 0 Å². The Morgan fingerprint density at radius 1 is 1.38 bits per heavy atom. The number of hydrogen-bond donors (Lipinski definition) is 1. The SMILES string of the molecule is O=C(O)C1(C2CCS(=O)(=O)C2)CC1. The van der Waals surface area contributed by atoms with Crippen molar-refractivity contribution < 1.29 is 18.3 Å². The third kappa shape index (κ3) is 1.35. The maximum atomic E-state index is 11.1. The molecule has 0 aromatic rings. The lowest BCUT2D eigenvalue weighted by molar-refractivity contribution is -0.145. The summed E-state index contributed by atoms with van der Waals surface area (Å²) < 4.78 is 22.3. The second-order valence-electron chi connectivity index (χ2n) is 4.06. The fraction of sp³-hybridized carbons (Fsp3) is 0.875. The molecule has 1 unspecified atom stereocenters. The summed E-state index contributed by atoms with van der Waals surface area (Å²) in [6, 6.07) is 0. The lowest BCUT2D eigenvalue weighted by Gasteiger charge is -2.15. The van der Waals surface area contributed by atoms with Crippen molar-refractivity contribution >= 4 is 15.8 Å². The van der Waals surface area contributed by atoms with Crippen molar-refractivity contribution in [3.05, 3.63) is 0 Å². The average Bonchev–Trinajstić information content (AvgIpc) is 2.73. The van der Waals surface area contributed by atoms with Gasteiger partial charge in [-0.05, 0) is 25.2 Å². The fourth-order valence-electron chi connectivity index (χ4n) is 2.16. The first-order valence-corrected chi connectivity index (χ1v) is 6.22. The maximum Gasteiger partial charge on any atom is 0.309 e. The van der Waals surface area contributed by atoms with Crippen molar-refractivity contribution in [3.63, 3.8) is 0 Å². The highest BCUT2D eigenvalue weighted by Gasteiger charge is 2.58. The second kappa shape index (κ2) is 2.47. The summed E-state index contributed by atoms with van der Waals surface area (Å²) in [6.45, 7) is 0. The first-order chi connectivity index (χ1) is 5.96. The Morgan fingerprint density at radius 2 is 2.00 bits per heavy atom. The number of carbonyl (C=O) groups is 1. The van der Waals surface area contributed by atoms with Crippen LogP contribution < -0.4 is 0 Å². The molecule has 0 aromatic heterocycles. The predicted octanol–water partition coefficient (Wildman–Crippen LogP) is 0.286. The smallest absolute Gasteiger partial charge is 0.309 e. The van der Waals surface area contributed by atoms with Crippen LogP contribution in [0.25, 0.3) is 0 Å². The standard InChI is InChI=1S/C8H12O4S/c9-7(10)8(2-3-8)6-1-4-13(11,12)5-6/h6H,1-5H2,(H,9,10). The largest absolute Gasteiger partial charge is 0.481 e. The quantitative estimate of drug-likeness (QED) is 0.701. The number of aliphatic carboxylic acids is 1. The highest BCUT2D eigenvalue weighted by molar-refractivity contribution is 7.91. The fourth-order valence-corrected chi connectivity index (χ4v) is 4.07. The maximum absolute atomic E-state index is 11.1. The van der Waals surface area contributed by atoms with Gasteiger partial charge < -0.3 is 5.11 Å². The molecular weight excluding hydrogens is 192 g/mol. The molecule has 1 N–H and O–H groups in total. The zero-order chi connectivity index (χ0) is 9.69. The molecule has 0 bridgehead atoms. The van der Waals surface area contributed by atoms with E-state index in [9.17, 15) is 13.2 Å². The molecule has 1 saturated heterocycles. The average molecular weight is 204 g/mol. The van der Waals surface area contributed by atoms with Crippen LogP contribution in [0.2, 0.25) is 0 Å². The van der Waals surface area contributed by atoms with Gasteiger partial charge in [0, 0.05) is 0 Å². The topological polar surface area (TPSA) is 71.4 Å². The Balaban J connectivity index is 2.17. The first kappa shape index (κ1) is 8.99. The molecule has 5 heteroatoms. The summed E-state index contributed by atoms with van der Waals surface area (Å²) in [5, 5.41) is 8.94. The van der Waals surface area contributed by atoms with Crippen molar-refractivity contribution in [1.82, 2.24) is 0 Å². The van der Waals surface area contributed by atoms with Crippen LogP contribution in [-0.4, -0.2) is 31.0 Å². The van der Waals surface area contributed by atoms with Gasteiger partial charge in [-0.3, -0.25) is 4.79 Å². The van der Waals surface area contributed by atoms with E-state index in [4.69, 9.17) is 5.11 Å². The van der Waals surface area contributed by atoms with Crippen LogP contribution in [0.1, 0.15) is 19.3 Å². The molecule has 1 heterocycles. The summed E-state index contributed by atoms with van der Waals surface area (Å²) in [5.74, 6) is -0.684. The highest BCUT2D eigenvalue weighted by Crippen LogP contribution is 2.55. The summed E-state index contributed by atoms with van der Waals surface area (Å²) in [4.78, 5) is 10.9. The molecule has 0 spiro atoms. The third-order valence-electron chi connectivity index (χ3n) is 3.23. The number of carboxylic acids is 1. The van der Waals surface area contributed by atoms with E-state index in [-0.39, 0.29) is 17.4 Å². The van der Waals surface area contributed by atoms with Gasteiger partial charge in [0.25, 0.3) is 0 Å². The van der Waals surface area contributed by atoms with Crippen LogP contribution in [0.15, 0.2) is 0 Å². The van der Waals surface area contributed by atoms with E-state index in [0.29, 0.717) is 19.3 Å². The van der Waals surface area contributed by atoms with E-state index in [1.807, 2.05) is 0 Å². The van der Waals surface area contributed by atoms with Gasteiger partial charge in [-0.15, -0.1) is 0 Å². The molecule has 13 heavy (non-hydrogen) atoms. The van der Waals surface area contributed by atoms with Gasteiger partial charge in [0.15, 0.2) is 9.84 Å². The van der Waals surface area contributed by atoms with Gasteiger partial charge in [0.05, 0.1) is 16.9 Å². The van der Waals surface area contributed by atoms with E-state index in [2.05, 4.69) is 0 Å². The molecule has 2 fully saturated rings. The van der Waals surface area contributed by atoms with Crippen LogP contribution in [-0.2, 0) is 14.6 Å². The van der Waals surface area contributed by atoms with Gasteiger partial charge in [0.2, 0.25) is 0 Å². The minimum Gasteiger partial charge on any atom is -0.481 e. The lowest BCUT2D eigenvalue weighted by atomic mass is 9.89. The molecule has 1 saturated carbocycles. The molecule has 4 nitrogen and oxygen atoms in total. The lowest BCUT2D eigenvalue weighted by Crippen LogP contribution is -2.26. The number of hydrogen-bond acceptors (Lipinski definition) is 3. The van der Waals surface area contributed by atoms with E-state index in [0.717, 1.165) is 0 Å². The third-order valence-corrected chi connectivity index (χ3v) is 5.00. The number of rotatable bonds is 2. The molecule has 2 rings (SSSR count). The van der Waals surface area contributed by atoms with Crippen molar-refractivity contribution in [2.24, 2.45) is 11.3 Å². The van der Waals surface area contributed by atoms with E-state index < -0.39 is 21.2 Å². The Kier molecular flexibility index (Phi) is 1.71. The molecule has 2 aliphatic rings. The molecule has 0 amide bonds. The summed E-state index contributed by atoms with van der Waals surface area (Å²) >= 11 is 0. The highest BCUT2D eigenvalue weighted by atomic mass is 32.2. The van der Waals surface area contributed by atoms with Crippen molar-refractivity contribution in [3.8, 4) is 0 Å². The molecule has 74 valence electrons. The normalized spacial score (nSPS) is 34.3. The van der Waals surface area contributed by atoms with Crippen molar-refractivity contribution in [1.29, 1.82) is 0 Å². The van der Waals surface area contributed by atoms with E-state index in [1.165, 1.54) is 0 Å². The number of carboxylic acid groups (broad SMARTS) is 1. The van der Waals surface area contributed by atoms with Gasteiger partial charge in [0.1, 0.15) is 0 Å². The Bertz CT molecular complexity index is 339. The zero-order valence-electron chi connectivity index (χ0n) is 7.19. The zero-order valence-corrected chi connectivity index (χ0v) is 8.01. The van der Waals surface area contributed by atoms with E-state index in [1.54, 1.807) is 0 Å². The molecule has 1 aliphatic carbocycles. The Morgan fingerprint density at radius 3 is 2.31 bits per heavy atom. The van der Waals surface area contributed by atoms with Crippen LogP contribution >= 0.6 is 0 Å². The summed E-state index contributed by atoms with van der Waals surface area (Å²) in [5.41, 5.74) is -0.677. The minimum atomic E-state index is -2.94. The van der Waals surface area contributed by atoms with Crippen LogP contribution in [0, 0.1) is 11.3 Å². The summed E-state index contributed by atoms with van der Waals surface area (Å²) in [6.07, 6.45) is 1.85. The van der Waals surface area contributed by atoms with Crippen molar-refractivity contribution in [2.75, 3.05) is 11.5 Å². The Labute approximate surface area is 76.9 Å². The van der Waals surface area contributed by atoms with Crippen LogP contribution in [0.5, 0.6) is 0 Å². The van der Waals surface area contributed by atoms with Crippen LogP contribution in [0.3, 0.4) is 0 Å². The van der Waals surface area contributed by atoms with Crippen molar-refractivity contribution in [2.45, 2.75) is 19.3 Å². The van der Waals surface area contributed by atoms with Gasteiger partial charge in [-0.1, -0.05) is 0 Å². The first-order valence-electron chi connectivity index (χ1n) is 4.40. The molecule has 0 aromatic carbocycles. The predicted molar refractivity (Wildman–Crippen MR) is 46.1 cm³/mol. The molecule has 1 aliphatic heterocycles. The van der Waals surface area contributed by atoms with Gasteiger partial charge in [-0.2, -0.15) is 0 Å². The van der Waals surface area contributed by atoms with Gasteiger partial charge in [-0.25, -0.2) is 8.42 Å². The second-order valence-corrected chi connectivity index (χ2v) is 6.29. The summed E-state index contributed by atoms with van der Waals surface area (Å²) in [7, 11) is -2.94. The monoisotopic (exact) mass is 204 g/mol. The van der Waals surface area contributed by atoms with E-state index >= 15 is 0 Å². The molecule has 0 radical (unpaired) electrons. The Hall–Kier alpha value is -0.580. The van der Waals surface area contributed by atoms with Gasteiger partial charge >= 0.3 is 5.97 Å². The number of sulfone groups is 1. The molecular formula is C8H12O4S.